The number of hydrogen-bond acceptors (Lipinski definition) is 6. The summed E-state index contributed by atoms with van der Waals surface area (Å²) in [4.78, 5) is 18.3. The van der Waals surface area contributed by atoms with Crippen molar-refractivity contribution in [1.29, 1.82) is 0 Å². The molecule has 2 aromatic carbocycles. The minimum absolute atomic E-state index is 0.0351. The molecule has 1 N–H and O–H groups in total. The third kappa shape index (κ3) is 3.81. The van der Waals surface area contributed by atoms with E-state index in [1.807, 2.05) is 46.4 Å². The summed E-state index contributed by atoms with van der Waals surface area (Å²) in [5, 5.41) is 3.47. The number of imidazole rings is 2. The molecule has 8 nitrogen and oxygen atoms in total. The van der Waals surface area contributed by atoms with Gasteiger partial charge in [-0.05, 0) is 50.5 Å². The summed E-state index contributed by atoms with van der Waals surface area (Å²) in [6.07, 6.45) is 6.30. The lowest BCUT2D eigenvalue weighted by Gasteiger charge is -2.23. The van der Waals surface area contributed by atoms with E-state index in [0.29, 0.717) is 33.8 Å². The molecule has 5 aromatic rings. The number of anilines is 1. The van der Waals surface area contributed by atoms with Gasteiger partial charge in [0.1, 0.15) is 29.2 Å². The molecule has 178 valence electrons. The Labute approximate surface area is 205 Å². The standard InChI is InChI=1S/C25H23ClFN7O/c1-15(31-23-21-25(29-13-28-23)33(14-30-21)19-9-5-6-12-35-19)24-32-18-11-10-17(27)20(26)22(18)34(24)16-7-3-2-4-8-16/h2-4,7-8,10-11,13-15,19H,5-6,9,12H2,1H3,(H,28,29,31)/t15-,19?/m0/s1. The molecular weight excluding hydrogens is 469 g/mol. The number of hydrogen-bond donors (Lipinski definition) is 1. The van der Waals surface area contributed by atoms with Crippen LogP contribution in [-0.2, 0) is 4.74 Å². The average molecular weight is 492 g/mol. The number of nitrogens with zero attached hydrogens (tertiary/aromatic N) is 6. The lowest BCUT2D eigenvalue weighted by molar-refractivity contribution is -0.0298. The Morgan fingerprint density at radius 2 is 1.97 bits per heavy atom. The first-order valence-corrected chi connectivity index (χ1v) is 12.0. The van der Waals surface area contributed by atoms with Gasteiger partial charge in [-0.15, -0.1) is 0 Å². The van der Waals surface area contributed by atoms with Crippen LogP contribution in [0.2, 0.25) is 5.02 Å². The summed E-state index contributed by atoms with van der Waals surface area (Å²) in [6, 6.07) is 12.3. The Hall–Kier alpha value is -3.56. The lowest BCUT2D eigenvalue weighted by atomic mass is 10.2. The normalized spacial score (nSPS) is 17.2. The molecule has 4 heterocycles. The van der Waals surface area contributed by atoms with Crippen molar-refractivity contribution < 1.29 is 9.13 Å². The van der Waals surface area contributed by atoms with Crippen molar-refractivity contribution >= 4 is 39.6 Å². The number of rotatable bonds is 5. The molecule has 0 spiro atoms. The van der Waals surface area contributed by atoms with Gasteiger partial charge in [0, 0.05) is 12.3 Å². The molecule has 1 saturated heterocycles. The van der Waals surface area contributed by atoms with Crippen LogP contribution in [0.5, 0.6) is 0 Å². The zero-order valence-electron chi connectivity index (χ0n) is 19.0. The number of benzene rings is 2. The average Bonchev–Trinajstić information content (AvgIpc) is 3.50. The largest absolute Gasteiger partial charge is 0.358 e. The summed E-state index contributed by atoms with van der Waals surface area (Å²) >= 11 is 6.41. The number of aromatic nitrogens is 6. The Balaban J connectivity index is 1.42. The molecule has 0 aliphatic carbocycles. The number of para-hydroxylation sites is 1. The van der Waals surface area contributed by atoms with E-state index < -0.39 is 5.82 Å². The van der Waals surface area contributed by atoms with Crippen molar-refractivity contribution in [2.24, 2.45) is 0 Å². The van der Waals surface area contributed by atoms with Crippen LogP contribution in [0.1, 0.15) is 44.3 Å². The van der Waals surface area contributed by atoms with Gasteiger partial charge >= 0.3 is 0 Å². The van der Waals surface area contributed by atoms with E-state index in [2.05, 4.69) is 20.3 Å². The van der Waals surface area contributed by atoms with E-state index in [9.17, 15) is 4.39 Å². The number of ether oxygens (including phenoxy) is 1. The summed E-state index contributed by atoms with van der Waals surface area (Å²) in [6.45, 7) is 2.70. The van der Waals surface area contributed by atoms with Crippen molar-refractivity contribution in [1.82, 2.24) is 29.1 Å². The maximum absolute atomic E-state index is 14.4. The molecule has 3 aromatic heterocycles. The number of fused-ring (bicyclic) bond motifs is 2. The lowest BCUT2D eigenvalue weighted by Crippen LogP contribution is -2.18. The first kappa shape index (κ1) is 21.9. The highest BCUT2D eigenvalue weighted by Gasteiger charge is 2.24. The number of halogens is 2. The van der Waals surface area contributed by atoms with Gasteiger partial charge in [-0.25, -0.2) is 24.3 Å². The Bertz CT molecular complexity index is 1510. The topological polar surface area (TPSA) is 82.7 Å². The van der Waals surface area contributed by atoms with Gasteiger partial charge in [-0.2, -0.15) is 0 Å². The van der Waals surface area contributed by atoms with Crippen molar-refractivity contribution in [3.8, 4) is 5.69 Å². The predicted octanol–water partition coefficient (Wildman–Crippen LogP) is 5.83. The molecule has 1 fully saturated rings. The van der Waals surface area contributed by atoms with Crippen molar-refractivity contribution in [2.45, 2.75) is 38.5 Å². The minimum Gasteiger partial charge on any atom is -0.358 e. The van der Waals surface area contributed by atoms with Crippen LogP contribution in [0.4, 0.5) is 10.2 Å². The monoisotopic (exact) mass is 491 g/mol. The molecule has 35 heavy (non-hydrogen) atoms. The van der Waals surface area contributed by atoms with E-state index >= 15 is 0 Å². The molecule has 0 radical (unpaired) electrons. The molecule has 6 rings (SSSR count). The third-order valence-electron chi connectivity index (χ3n) is 6.32. The van der Waals surface area contributed by atoms with Gasteiger partial charge in [-0.3, -0.25) is 9.13 Å². The van der Waals surface area contributed by atoms with Crippen molar-refractivity contribution in [2.75, 3.05) is 11.9 Å². The molecular formula is C25H23ClFN7O. The van der Waals surface area contributed by atoms with Crippen LogP contribution in [-0.4, -0.2) is 35.7 Å². The maximum atomic E-state index is 14.4. The fourth-order valence-corrected chi connectivity index (χ4v) is 4.87. The van der Waals surface area contributed by atoms with E-state index in [-0.39, 0.29) is 17.3 Å². The third-order valence-corrected chi connectivity index (χ3v) is 6.67. The van der Waals surface area contributed by atoms with Crippen LogP contribution in [0.3, 0.4) is 0 Å². The van der Waals surface area contributed by atoms with Gasteiger partial charge in [0.05, 0.1) is 23.4 Å². The molecule has 10 heteroatoms. The highest BCUT2D eigenvalue weighted by molar-refractivity contribution is 6.35. The van der Waals surface area contributed by atoms with E-state index in [1.54, 1.807) is 12.4 Å². The second-order valence-corrected chi connectivity index (χ2v) is 8.98. The molecule has 1 aliphatic rings. The maximum Gasteiger partial charge on any atom is 0.167 e. The van der Waals surface area contributed by atoms with Crippen LogP contribution >= 0.6 is 11.6 Å². The predicted molar refractivity (Wildman–Crippen MR) is 132 cm³/mol. The second kappa shape index (κ2) is 8.90. The first-order chi connectivity index (χ1) is 17.1. The zero-order valence-corrected chi connectivity index (χ0v) is 19.8. The quantitative estimate of drug-likeness (QED) is 0.333. The van der Waals surface area contributed by atoms with Gasteiger partial charge in [0.2, 0.25) is 0 Å². The van der Waals surface area contributed by atoms with E-state index in [0.717, 1.165) is 31.6 Å². The molecule has 0 amide bonds. The van der Waals surface area contributed by atoms with Gasteiger partial charge in [0.25, 0.3) is 0 Å². The van der Waals surface area contributed by atoms with Crippen LogP contribution in [0.25, 0.3) is 27.9 Å². The fraction of sp³-hybridized carbons (Fsp3) is 0.280. The summed E-state index contributed by atoms with van der Waals surface area (Å²) in [5.41, 5.74) is 3.32. The van der Waals surface area contributed by atoms with Crippen LogP contribution < -0.4 is 5.32 Å². The summed E-state index contributed by atoms with van der Waals surface area (Å²) in [5.74, 6) is 0.762. The first-order valence-electron chi connectivity index (χ1n) is 11.6. The smallest absolute Gasteiger partial charge is 0.167 e. The van der Waals surface area contributed by atoms with Crippen molar-refractivity contribution in [3.05, 3.63) is 71.8 Å². The van der Waals surface area contributed by atoms with Gasteiger partial charge < -0.3 is 10.1 Å². The minimum atomic E-state index is -0.489. The summed E-state index contributed by atoms with van der Waals surface area (Å²) < 4.78 is 24.2. The molecule has 0 saturated carbocycles. The fourth-order valence-electron chi connectivity index (χ4n) is 4.63. The Morgan fingerprint density at radius 3 is 2.77 bits per heavy atom. The van der Waals surface area contributed by atoms with E-state index in [4.69, 9.17) is 21.3 Å². The highest BCUT2D eigenvalue weighted by atomic mass is 35.5. The summed E-state index contributed by atoms with van der Waals surface area (Å²) in [7, 11) is 0. The Kier molecular flexibility index (Phi) is 5.58. The second-order valence-electron chi connectivity index (χ2n) is 8.60. The Morgan fingerprint density at radius 1 is 1.11 bits per heavy atom. The molecule has 1 unspecified atom stereocenters. The SMILES string of the molecule is C[C@H](Nc1ncnc2c1ncn2C1CCCCO1)c1nc2ccc(F)c(Cl)c2n1-c1ccccc1. The van der Waals surface area contributed by atoms with Gasteiger partial charge in [-0.1, -0.05) is 29.8 Å². The van der Waals surface area contributed by atoms with E-state index in [1.165, 1.54) is 12.4 Å². The molecule has 0 bridgehead atoms. The van der Waals surface area contributed by atoms with Crippen LogP contribution in [0, 0.1) is 5.82 Å². The van der Waals surface area contributed by atoms with Gasteiger partial charge in [0.15, 0.2) is 17.0 Å². The molecule has 1 aliphatic heterocycles. The zero-order chi connectivity index (χ0) is 23.9. The highest BCUT2D eigenvalue weighted by Crippen LogP contribution is 2.34. The molecule has 2 atom stereocenters. The number of nitrogens with one attached hydrogen (secondary N) is 1. The van der Waals surface area contributed by atoms with Crippen LogP contribution in [0.15, 0.2) is 55.1 Å². The van der Waals surface area contributed by atoms with Crippen molar-refractivity contribution in [3.63, 3.8) is 0 Å².